The zero-order chi connectivity index (χ0) is 49.9. The lowest BCUT2D eigenvalue weighted by atomic mass is 9.34. The quantitative estimate of drug-likeness (QED) is 0.146. The molecule has 0 unspecified atom stereocenters. The zero-order valence-electron chi connectivity index (χ0n) is 45.3. The van der Waals surface area contributed by atoms with Gasteiger partial charge in [0.2, 0.25) is 0 Å². The van der Waals surface area contributed by atoms with Crippen LogP contribution in [0.1, 0.15) is 158 Å². The maximum atomic E-state index is 2.69. The number of hydrogen-bond donors (Lipinski definition) is 0. The van der Waals surface area contributed by atoms with Crippen molar-refractivity contribution in [2.24, 2.45) is 0 Å². The van der Waals surface area contributed by atoms with Gasteiger partial charge >= 0.3 is 0 Å². The summed E-state index contributed by atoms with van der Waals surface area (Å²) in [4.78, 5) is 0. The number of hydrogen-bond acceptors (Lipinski definition) is 0. The second-order valence-corrected chi connectivity index (χ2v) is 27.7. The van der Waals surface area contributed by atoms with Crippen LogP contribution in [0.5, 0.6) is 0 Å². The van der Waals surface area contributed by atoms with E-state index in [4.69, 9.17) is 0 Å². The number of fused-ring (bicyclic) bond motifs is 13. The second kappa shape index (κ2) is 13.9. The molecule has 354 valence electrons. The summed E-state index contributed by atoms with van der Waals surface area (Å²) in [6.07, 6.45) is 0. The summed E-state index contributed by atoms with van der Waals surface area (Å²) in [5, 5.41) is 7.96. The fourth-order valence-corrected chi connectivity index (χ4v) is 12.2. The van der Waals surface area contributed by atoms with Crippen LogP contribution in [-0.4, -0.2) is 20.4 Å². The van der Waals surface area contributed by atoms with Crippen LogP contribution >= 0.6 is 0 Å². The Morgan fingerprint density at radius 1 is 0.286 bits per heavy atom. The molecule has 0 spiro atoms. The van der Waals surface area contributed by atoms with Gasteiger partial charge in [0.1, 0.15) is 0 Å². The highest BCUT2D eigenvalue weighted by Gasteiger charge is 2.43. The third kappa shape index (κ3) is 6.39. The molecular weight excluding hydrogens is 846 g/mol. The molecule has 10 aromatic rings. The lowest BCUT2D eigenvalue weighted by Gasteiger charge is -2.36. The minimum absolute atomic E-state index is 0.00174. The molecule has 12 rings (SSSR count). The first-order valence-electron chi connectivity index (χ1n) is 26.0. The van der Waals surface area contributed by atoms with Gasteiger partial charge in [0.05, 0.1) is 27.8 Å². The van der Waals surface area contributed by atoms with Crippen LogP contribution in [0.3, 0.4) is 0 Å². The number of nitrogens with zero attached hydrogens (tertiary/aromatic N) is 3. The van der Waals surface area contributed by atoms with Crippen LogP contribution in [-0.2, 0) is 32.5 Å². The second-order valence-electron chi connectivity index (χ2n) is 27.7. The Morgan fingerprint density at radius 2 is 0.614 bits per heavy atom. The SMILES string of the molecule is CC(C)(C)c1ccc2c(c1)c1cc(C(C)(C)C)cc3c1n2-c1cc(-n2c4cc(C(C)(C)C)ccc4c4ccc(C(C)(C)C)cc42)cc2c1B3c1cc(C(C)(C)C)cc3c4cc(C(C)(C)C)ccc4n-2c13. The molecule has 4 heteroatoms. The molecule has 0 saturated heterocycles. The van der Waals surface area contributed by atoms with Gasteiger partial charge in [0.25, 0.3) is 6.71 Å². The van der Waals surface area contributed by atoms with Gasteiger partial charge in [-0.3, -0.25) is 0 Å². The zero-order valence-corrected chi connectivity index (χ0v) is 45.3. The molecule has 0 aliphatic carbocycles. The van der Waals surface area contributed by atoms with Crippen molar-refractivity contribution in [1.82, 2.24) is 13.7 Å². The highest BCUT2D eigenvalue weighted by molar-refractivity contribution is 7.00. The van der Waals surface area contributed by atoms with Gasteiger partial charge in [-0.2, -0.15) is 0 Å². The van der Waals surface area contributed by atoms with Crippen LogP contribution in [0.15, 0.2) is 109 Å². The Hall–Kier alpha value is -6.00. The largest absolute Gasteiger partial charge is 0.310 e. The molecule has 0 amide bonds. The lowest BCUT2D eigenvalue weighted by molar-refractivity contribution is 0.590. The van der Waals surface area contributed by atoms with E-state index >= 15 is 0 Å². The van der Waals surface area contributed by atoms with Crippen molar-refractivity contribution >= 4 is 88.5 Å². The van der Waals surface area contributed by atoms with Gasteiger partial charge in [-0.25, -0.2) is 0 Å². The molecule has 0 saturated carbocycles. The van der Waals surface area contributed by atoms with E-state index in [1.807, 2.05) is 0 Å². The smallest absolute Gasteiger partial charge is 0.252 e. The summed E-state index contributed by atoms with van der Waals surface area (Å²) in [5.41, 5.74) is 23.7. The van der Waals surface area contributed by atoms with Crippen LogP contribution in [0, 0.1) is 0 Å². The molecule has 0 N–H and O–H groups in total. The third-order valence-electron chi connectivity index (χ3n) is 16.5. The Balaban J connectivity index is 1.33. The molecule has 3 aromatic heterocycles. The van der Waals surface area contributed by atoms with Gasteiger partial charge in [-0.15, -0.1) is 0 Å². The van der Waals surface area contributed by atoms with Crippen molar-refractivity contribution in [3.8, 4) is 17.1 Å². The maximum absolute atomic E-state index is 2.69. The molecule has 2 aliphatic heterocycles. The number of rotatable bonds is 1. The maximum Gasteiger partial charge on any atom is 0.252 e. The highest BCUT2D eigenvalue weighted by atomic mass is 15.1. The molecule has 0 radical (unpaired) electrons. The summed E-state index contributed by atoms with van der Waals surface area (Å²) < 4.78 is 8.00. The van der Waals surface area contributed by atoms with Crippen LogP contribution in [0.2, 0.25) is 0 Å². The fraction of sp³-hybridized carbons (Fsp3) is 0.364. The molecule has 3 nitrogen and oxygen atoms in total. The van der Waals surface area contributed by atoms with Crippen molar-refractivity contribution in [1.29, 1.82) is 0 Å². The predicted octanol–water partition coefficient (Wildman–Crippen LogP) is 15.9. The molecule has 7 aromatic carbocycles. The molecule has 0 fully saturated rings. The van der Waals surface area contributed by atoms with Crippen molar-refractivity contribution in [2.45, 2.75) is 157 Å². The Kier molecular flexibility index (Phi) is 8.97. The van der Waals surface area contributed by atoms with Gasteiger partial charge in [-0.05, 0) is 143 Å². The van der Waals surface area contributed by atoms with Crippen LogP contribution in [0.25, 0.3) is 82.5 Å². The first-order chi connectivity index (χ1) is 32.5. The standard InChI is InChI=1S/C66H72BN3/c1-61(2,3)37-21-25-52-46(27-37)48-29-41(65(13,14)15)31-50-59(48)69(52)56-35-43(68-54-33-39(63(7,8)9)19-23-44(54)45-24-20-40(34-55(45)68)64(10,11)12)36-57-58(56)67(50)51-32-42(66(16,17)18)30-49-47-28-38(62(4,5)6)22-26-53(47)70(57)60(49)51/h19-36H,1-18H3. The Labute approximate surface area is 417 Å². The van der Waals surface area contributed by atoms with Gasteiger partial charge in [0.15, 0.2) is 0 Å². The monoisotopic (exact) mass is 918 g/mol. The molecular formula is C66H72BN3. The summed E-state index contributed by atoms with van der Waals surface area (Å²) >= 11 is 0. The minimum atomic E-state index is -0.0580. The summed E-state index contributed by atoms with van der Waals surface area (Å²) in [6, 6.07) is 44.6. The van der Waals surface area contributed by atoms with E-state index in [1.165, 1.54) is 132 Å². The average molecular weight is 918 g/mol. The van der Waals surface area contributed by atoms with Crippen LogP contribution in [0.4, 0.5) is 0 Å². The third-order valence-corrected chi connectivity index (χ3v) is 16.5. The topological polar surface area (TPSA) is 14.8 Å². The highest BCUT2D eigenvalue weighted by Crippen LogP contribution is 2.45. The van der Waals surface area contributed by atoms with E-state index in [9.17, 15) is 0 Å². The predicted molar refractivity (Wildman–Crippen MR) is 306 cm³/mol. The van der Waals surface area contributed by atoms with E-state index < -0.39 is 0 Å². The van der Waals surface area contributed by atoms with E-state index in [-0.39, 0.29) is 39.2 Å². The summed E-state index contributed by atoms with van der Waals surface area (Å²) in [6.45, 7) is 42.5. The molecule has 5 heterocycles. The molecule has 0 atom stereocenters. The van der Waals surface area contributed by atoms with Gasteiger partial charge in [-0.1, -0.05) is 173 Å². The molecule has 2 aliphatic rings. The van der Waals surface area contributed by atoms with E-state index in [1.54, 1.807) is 0 Å². The average Bonchev–Trinajstić information content (AvgIpc) is 3.89. The van der Waals surface area contributed by atoms with Crippen LogP contribution < -0.4 is 16.4 Å². The normalized spacial score (nSPS) is 14.4. The first kappa shape index (κ1) is 45.2. The van der Waals surface area contributed by atoms with Crippen molar-refractivity contribution in [3.63, 3.8) is 0 Å². The molecule has 70 heavy (non-hydrogen) atoms. The first-order valence-corrected chi connectivity index (χ1v) is 26.0. The van der Waals surface area contributed by atoms with Crippen molar-refractivity contribution in [2.75, 3.05) is 0 Å². The number of benzene rings is 7. The van der Waals surface area contributed by atoms with E-state index in [2.05, 4.69) is 248 Å². The fourth-order valence-electron chi connectivity index (χ4n) is 12.2. The van der Waals surface area contributed by atoms with Crippen molar-refractivity contribution < 1.29 is 0 Å². The summed E-state index contributed by atoms with van der Waals surface area (Å²) in [7, 11) is 0. The van der Waals surface area contributed by atoms with Gasteiger partial charge in [0, 0.05) is 54.7 Å². The minimum Gasteiger partial charge on any atom is -0.310 e. The van der Waals surface area contributed by atoms with E-state index in [0.29, 0.717) is 0 Å². The summed E-state index contributed by atoms with van der Waals surface area (Å²) in [5.74, 6) is 0. The Bertz CT molecular complexity index is 3680. The van der Waals surface area contributed by atoms with E-state index in [0.717, 1.165) is 0 Å². The number of aromatic nitrogens is 3. The Morgan fingerprint density at radius 3 is 0.971 bits per heavy atom. The van der Waals surface area contributed by atoms with Gasteiger partial charge < -0.3 is 13.7 Å². The lowest BCUT2D eigenvalue weighted by Crippen LogP contribution is -2.59. The van der Waals surface area contributed by atoms with Crippen molar-refractivity contribution in [3.05, 3.63) is 143 Å². The molecule has 0 bridgehead atoms.